The van der Waals surface area contributed by atoms with Gasteiger partial charge in [-0.25, -0.2) is 0 Å². The highest BCUT2D eigenvalue weighted by atomic mass is 35.5. The number of piperazine rings is 1. The van der Waals surface area contributed by atoms with Gasteiger partial charge in [-0.2, -0.15) is 0 Å². The van der Waals surface area contributed by atoms with Gasteiger partial charge in [-0.05, 0) is 37.1 Å². The van der Waals surface area contributed by atoms with Crippen molar-refractivity contribution >= 4 is 29.1 Å². The predicted molar refractivity (Wildman–Crippen MR) is 106 cm³/mol. The van der Waals surface area contributed by atoms with E-state index in [4.69, 9.17) is 16.3 Å². The Morgan fingerprint density at radius 3 is 2.63 bits per heavy atom. The molecule has 1 unspecified atom stereocenters. The smallest absolute Gasteiger partial charge is 0.249 e. The topological polar surface area (TPSA) is 49.9 Å². The van der Waals surface area contributed by atoms with Crippen molar-refractivity contribution in [1.82, 2.24) is 4.90 Å². The fraction of sp³-hybridized carbons (Fsp3) is 0.333. The number of carbonyl (C=O) groups is 2. The van der Waals surface area contributed by atoms with Crippen LogP contribution < -0.4 is 9.64 Å². The summed E-state index contributed by atoms with van der Waals surface area (Å²) < 4.78 is 5.37. The molecule has 6 heteroatoms. The third-order valence-corrected chi connectivity index (χ3v) is 5.11. The van der Waals surface area contributed by atoms with E-state index in [2.05, 4.69) is 0 Å². The van der Waals surface area contributed by atoms with Gasteiger partial charge in [-0.15, -0.1) is 0 Å². The van der Waals surface area contributed by atoms with Gasteiger partial charge in [0.25, 0.3) is 0 Å². The lowest BCUT2D eigenvalue weighted by Crippen LogP contribution is -2.57. The Bertz CT molecular complexity index is 825. The molecule has 0 spiro atoms. The first kappa shape index (κ1) is 19.2. The lowest BCUT2D eigenvalue weighted by molar-refractivity contribution is -0.140. The number of aryl methyl sites for hydroxylation is 1. The molecule has 0 saturated carbocycles. The molecular weight excluding hydrogens is 364 g/mol. The number of ether oxygens (including phenoxy) is 1. The third kappa shape index (κ3) is 4.25. The first-order chi connectivity index (χ1) is 13.0. The molecule has 2 aromatic carbocycles. The van der Waals surface area contributed by atoms with Crippen molar-refractivity contribution in [1.29, 1.82) is 0 Å². The second-order valence-corrected chi connectivity index (χ2v) is 6.99. The molecule has 0 radical (unpaired) electrons. The molecule has 1 saturated heterocycles. The van der Waals surface area contributed by atoms with E-state index < -0.39 is 6.04 Å². The molecule has 1 aliphatic rings. The van der Waals surface area contributed by atoms with Gasteiger partial charge in [0.15, 0.2) is 0 Å². The number of anilines is 1. The number of halogens is 1. The van der Waals surface area contributed by atoms with Crippen LogP contribution in [-0.2, 0) is 16.0 Å². The predicted octanol–water partition coefficient (Wildman–Crippen LogP) is 3.55. The van der Waals surface area contributed by atoms with E-state index in [1.54, 1.807) is 42.0 Å². The van der Waals surface area contributed by atoms with Crippen molar-refractivity contribution < 1.29 is 14.3 Å². The highest BCUT2D eigenvalue weighted by Gasteiger charge is 2.35. The lowest BCUT2D eigenvalue weighted by Gasteiger charge is -2.39. The van der Waals surface area contributed by atoms with Crippen molar-refractivity contribution in [3.63, 3.8) is 0 Å². The van der Waals surface area contributed by atoms with Crippen LogP contribution in [-0.4, -0.2) is 43.0 Å². The molecule has 1 aliphatic heterocycles. The van der Waals surface area contributed by atoms with E-state index in [0.29, 0.717) is 42.4 Å². The first-order valence-electron chi connectivity index (χ1n) is 8.99. The van der Waals surface area contributed by atoms with Crippen molar-refractivity contribution in [3.8, 4) is 5.75 Å². The minimum atomic E-state index is -0.522. The molecule has 2 amide bonds. The van der Waals surface area contributed by atoms with Crippen LogP contribution in [0.1, 0.15) is 18.9 Å². The average Bonchev–Trinajstić information content (AvgIpc) is 2.69. The summed E-state index contributed by atoms with van der Waals surface area (Å²) in [5, 5.41) is 0.535. The molecule has 3 rings (SSSR count). The Balaban J connectivity index is 1.69. The summed E-state index contributed by atoms with van der Waals surface area (Å²) >= 11 is 6.10. The van der Waals surface area contributed by atoms with E-state index >= 15 is 0 Å². The maximum atomic E-state index is 12.9. The Labute approximate surface area is 164 Å². The van der Waals surface area contributed by atoms with Crippen molar-refractivity contribution in [2.75, 3.05) is 25.1 Å². The number of methoxy groups -OCH3 is 1. The van der Waals surface area contributed by atoms with E-state index in [1.165, 1.54) is 0 Å². The summed E-state index contributed by atoms with van der Waals surface area (Å²) in [6.45, 7) is 2.67. The number of nitrogens with zero attached hydrogens (tertiary/aromatic N) is 2. The molecule has 0 bridgehead atoms. The normalized spacial score (nSPS) is 17.1. The van der Waals surface area contributed by atoms with Crippen LogP contribution in [0, 0.1) is 0 Å². The number of hydrogen-bond donors (Lipinski definition) is 0. The quantitative estimate of drug-likeness (QED) is 0.789. The molecule has 27 heavy (non-hydrogen) atoms. The highest BCUT2D eigenvalue weighted by Crippen LogP contribution is 2.33. The SMILES string of the molecule is COc1ccc(Cl)cc1N1CCN(C(=O)CCc2ccccc2)C(C)C1=O. The Kier molecular flexibility index (Phi) is 6.01. The Hall–Kier alpha value is -2.53. The summed E-state index contributed by atoms with van der Waals surface area (Å²) in [7, 11) is 1.56. The van der Waals surface area contributed by atoms with Gasteiger partial charge in [-0.3, -0.25) is 9.59 Å². The molecule has 5 nitrogen and oxygen atoms in total. The average molecular weight is 387 g/mol. The molecule has 0 aromatic heterocycles. The van der Waals surface area contributed by atoms with E-state index in [9.17, 15) is 9.59 Å². The van der Waals surface area contributed by atoms with Crippen LogP contribution in [0.4, 0.5) is 5.69 Å². The van der Waals surface area contributed by atoms with Crippen LogP contribution in [0.15, 0.2) is 48.5 Å². The van der Waals surface area contributed by atoms with Gasteiger partial charge in [0, 0.05) is 24.5 Å². The third-order valence-electron chi connectivity index (χ3n) is 4.88. The number of benzene rings is 2. The summed E-state index contributed by atoms with van der Waals surface area (Å²) in [6.07, 6.45) is 1.06. The zero-order valence-electron chi connectivity index (χ0n) is 15.5. The van der Waals surface area contributed by atoms with Crippen molar-refractivity contribution in [2.24, 2.45) is 0 Å². The van der Waals surface area contributed by atoms with Crippen molar-refractivity contribution in [2.45, 2.75) is 25.8 Å². The summed E-state index contributed by atoms with van der Waals surface area (Å²) in [5.41, 5.74) is 1.75. The number of rotatable bonds is 5. The lowest BCUT2D eigenvalue weighted by atomic mass is 10.1. The molecule has 1 fully saturated rings. The zero-order chi connectivity index (χ0) is 19.4. The fourth-order valence-corrected chi connectivity index (χ4v) is 3.53. The molecule has 1 heterocycles. The van der Waals surface area contributed by atoms with E-state index in [0.717, 1.165) is 5.56 Å². The minimum Gasteiger partial charge on any atom is -0.495 e. The second kappa shape index (κ2) is 8.44. The van der Waals surface area contributed by atoms with Crippen LogP contribution in [0.5, 0.6) is 5.75 Å². The van der Waals surface area contributed by atoms with Gasteiger partial charge in [0.2, 0.25) is 11.8 Å². The highest BCUT2D eigenvalue weighted by molar-refractivity contribution is 6.31. The maximum absolute atomic E-state index is 12.9. The summed E-state index contributed by atoms with van der Waals surface area (Å²) in [4.78, 5) is 28.9. The Morgan fingerprint density at radius 2 is 1.93 bits per heavy atom. The molecular formula is C21H23ClN2O3. The van der Waals surface area contributed by atoms with E-state index in [1.807, 2.05) is 30.3 Å². The number of hydrogen-bond acceptors (Lipinski definition) is 3. The number of carbonyl (C=O) groups excluding carboxylic acids is 2. The zero-order valence-corrected chi connectivity index (χ0v) is 16.3. The molecule has 0 N–H and O–H groups in total. The minimum absolute atomic E-state index is 0.00240. The standard InChI is InChI=1S/C21H23ClN2O3/c1-15-21(26)24(18-14-17(22)9-10-19(18)27-2)13-12-23(15)20(25)11-8-16-6-4-3-5-7-16/h3-7,9-10,14-15H,8,11-13H2,1-2H3. The van der Waals surface area contributed by atoms with Crippen molar-refractivity contribution in [3.05, 3.63) is 59.1 Å². The van der Waals surface area contributed by atoms with Gasteiger partial charge < -0.3 is 14.5 Å². The van der Waals surface area contributed by atoms with Gasteiger partial charge in [0.1, 0.15) is 11.8 Å². The molecule has 0 aliphatic carbocycles. The number of amides is 2. The second-order valence-electron chi connectivity index (χ2n) is 6.55. The van der Waals surface area contributed by atoms with Crippen LogP contribution in [0.3, 0.4) is 0 Å². The van der Waals surface area contributed by atoms with E-state index in [-0.39, 0.29) is 11.8 Å². The fourth-order valence-electron chi connectivity index (χ4n) is 3.36. The monoisotopic (exact) mass is 386 g/mol. The molecule has 142 valence electrons. The van der Waals surface area contributed by atoms with Gasteiger partial charge in [0.05, 0.1) is 12.8 Å². The van der Waals surface area contributed by atoms with Crippen LogP contribution >= 0.6 is 11.6 Å². The maximum Gasteiger partial charge on any atom is 0.249 e. The van der Waals surface area contributed by atoms with Gasteiger partial charge in [-0.1, -0.05) is 41.9 Å². The van der Waals surface area contributed by atoms with Crippen LogP contribution in [0.25, 0.3) is 0 Å². The van der Waals surface area contributed by atoms with Crippen LogP contribution in [0.2, 0.25) is 5.02 Å². The molecule has 1 atom stereocenters. The first-order valence-corrected chi connectivity index (χ1v) is 9.37. The molecule has 2 aromatic rings. The largest absolute Gasteiger partial charge is 0.495 e. The van der Waals surface area contributed by atoms with Gasteiger partial charge >= 0.3 is 0 Å². The summed E-state index contributed by atoms with van der Waals surface area (Å²) in [6, 6.07) is 14.6. The Morgan fingerprint density at radius 1 is 1.19 bits per heavy atom. The summed E-state index contributed by atoms with van der Waals surface area (Å²) in [5.74, 6) is 0.455.